The van der Waals surface area contributed by atoms with E-state index in [1.165, 1.54) is 0 Å². The fourth-order valence-electron chi connectivity index (χ4n) is 2.50. The van der Waals surface area contributed by atoms with Crippen LogP contribution >= 0.6 is 15.9 Å². The highest BCUT2D eigenvalue weighted by Gasteiger charge is 2.26. The quantitative estimate of drug-likeness (QED) is 0.888. The molecule has 0 bridgehead atoms. The van der Waals surface area contributed by atoms with Crippen LogP contribution < -0.4 is 10.1 Å². The van der Waals surface area contributed by atoms with Crippen LogP contribution in [0.15, 0.2) is 22.7 Å². The molecule has 104 valence electrons. The molecule has 2 rings (SSSR count). The molecule has 0 radical (unpaired) electrons. The predicted octanol–water partition coefficient (Wildman–Crippen LogP) is 3.51. The van der Waals surface area contributed by atoms with Crippen molar-refractivity contribution in [3.05, 3.63) is 22.7 Å². The first-order valence-electron chi connectivity index (χ1n) is 6.43. The van der Waals surface area contributed by atoms with Gasteiger partial charge >= 0.3 is 5.97 Å². The van der Waals surface area contributed by atoms with Gasteiger partial charge in [-0.25, -0.2) is 0 Å². The molecular weight excluding hydrogens is 310 g/mol. The monoisotopic (exact) mass is 327 g/mol. The minimum absolute atomic E-state index is 0.178. The van der Waals surface area contributed by atoms with Gasteiger partial charge in [0.1, 0.15) is 5.75 Å². The van der Waals surface area contributed by atoms with Crippen molar-refractivity contribution in [1.29, 1.82) is 0 Å². The zero-order chi connectivity index (χ0) is 13.8. The number of ether oxygens (including phenoxy) is 1. The number of carboxylic acid groups (broad SMARTS) is 1. The van der Waals surface area contributed by atoms with Gasteiger partial charge in [-0.2, -0.15) is 0 Å². The molecule has 19 heavy (non-hydrogen) atoms. The van der Waals surface area contributed by atoms with Crippen molar-refractivity contribution in [2.45, 2.75) is 31.7 Å². The van der Waals surface area contributed by atoms with Crippen molar-refractivity contribution in [3.8, 4) is 5.75 Å². The van der Waals surface area contributed by atoms with Gasteiger partial charge in [-0.3, -0.25) is 4.79 Å². The maximum absolute atomic E-state index is 10.9. The summed E-state index contributed by atoms with van der Waals surface area (Å²) in [5.41, 5.74) is 0.954. The zero-order valence-electron chi connectivity index (χ0n) is 10.9. The first kappa shape index (κ1) is 14.2. The number of methoxy groups -OCH3 is 1. The molecule has 1 saturated carbocycles. The summed E-state index contributed by atoms with van der Waals surface area (Å²) in [4.78, 5) is 10.9. The Bertz CT molecular complexity index is 456. The summed E-state index contributed by atoms with van der Waals surface area (Å²) in [6, 6.07) is 6.15. The highest BCUT2D eigenvalue weighted by Crippen LogP contribution is 2.32. The van der Waals surface area contributed by atoms with Gasteiger partial charge in [0.25, 0.3) is 0 Å². The summed E-state index contributed by atoms with van der Waals surface area (Å²) in [7, 11) is 1.65. The Morgan fingerprint density at radius 2 is 2.05 bits per heavy atom. The minimum atomic E-state index is -0.668. The molecule has 5 heteroatoms. The van der Waals surface area contributed by atoms with Crippen LogP contribution in [0.1, 0.15) is 25.7 Å². The molecule has 0 aromatic heterocycles. The topological polar surface area (TPSA) is 58.6 Å². The summed E-state index contributed by atoms with van der Waals surface area (Å²) >= 11 is 3.45. The summed E-state index contributed by atoms with van der Waals surface area (Å²) in [5.74, 6) is -0.0375. The lowest BCUT2D eigenvalue weighted by atomic mass is 9.86. The Hall–Kier alpha value is -1.23. The largest absolute Gasteiger partial charge is 0.495 e. The van der Waals surface area contributed by atoms with Crippen molar-refractivity contribution in [3.63, 3.8) is 0 Å². The van der Waals surface area contributed by atoms with E-state index in [1.54, 1.807) is 7.11 Å². The number of anilines is 1. The first-order chi connectivity index (χ1) is 9.10. The van der Waals surface area contributed by atoms with Crippen molar-refractivity contribution in [2.24, 2.45) is 5.92 Å². The number of carboxylic acids is 1. The second kappa shape index (κ2) is 6.28. The van der Waals surface area contributed by atoms with E-state index >= 15 is 0 Å². The van der Waals surface area contributed by atoms with Crippen LogP contribution in [0.3, 0.4) is 0 Å². The number of aliphatic carboxylic acids is 1. The predicted molar refractivity (Wildman–Crippen MR) is 77.7 cm³/mol. The standard InChI is InChI=1S/C14H18BrNO3/c1-19-13-7-4-10(15)8-12(13)16-11-5-2-9(3-6-11)14(17)18/h4,7-9,11,16H,2-3,5-6H2,1H3,(H,17,18). The molecule has 1 aliphatic carbocycles. The van der Waals surface area contributed by atoms with E-state index < -0.39 is 5.97 Å². The lowest BCUT2D eigenvalue weighted by molar-refractivity contribution is -0.142. The van der Waals surface area contributed by atoms with Crippen LogP contribution in [-0.4, -0.2) is 24.2 Å². The SMILES string of the molecule is COc1ccc(Br)cc1NC1CCC(C(=O)O)CC1. The van der Waals surface area contributed by atoms with E-state index in [9.17, 15) is 4.79 Å². The molecule has 1 fully saturated rings. The van der Waals surface area contributed by atoms with E-state index in [1.807, 2.05) is 18.2 Å². The molecule has 2 N–H and O–H groups in total. The molecule has 0 amide bonds. The van der Waals surface area contributed by atoms with Gasteiger partial charge in [-0.15, -0.1) is 0 Å². The molecule has 1 aliphatic rings. The fraction of sp³-hybridized carbons (Fsp3) is 0.500. The maximum atomic E-state index is 10.9. The molecule has 0 saturated heterocycles. The van der Waals surface area contributed by atoms with Crippen molar-refractivity contribution < 1.29 is 14.6 Å². The van der Waals surface area contributed by atoms with Crippen molar-refractivity contribution in [1.82, 2.24) is 0 Å². The molecule has 0 spiro atoms. The van der Waals surface area contributed by atoms with Gasteiger partial charge < -0.3 is 15.2 Å². The molecule has 1 aromatic rings. The van der Waals surface area contributed by atoms with Crippen LogP contribution in [-0.2, 0) is 4.79 Å². The van der Waals surface area contributed by atoms with E-state index in [0.29, 0.717) is 6.04 Å². The molecule has 4 nitrogen and oxygen atoms in total. The number of hydrogen-bond donors (Lipinski definition) is 2. The smallest absolute Gasteiger partial charge is 0.306 e. The Labute approximate surface area is 121 Å². The molecule has 0 unspecified atom stereocenters. The number of hydrogen-bond acceptors (Lipinski definition) is 3. The van der Waals surface area contributed by atoms with Gasteiger partial charge in [0, 0.05) is 10.5 Å². The van der Waals surface area contributed by atoms with E-state index in [-0.39, 0.29) is 5.92 Å². The third kappa shape index (κ3) is 3.62. The van der Waals surface area contributed by atoms with Crippen LogP contribution in [0.25, 0.3) is 0 Å². The summed E-state index contributed by atoms with van der Waals surface area (Å²) in [6.07, 6.45) is 3.24. The third-order valence-electron chi connectivity index (χ3n) is 3.60. The van der Waals surface area contributed by atoms with Crippen LogP contribution in [0.5, 0.6) is 5.75 Å². The normalized spacial score (nSPS) is 22.8. The molecule has 1 aromatic carbocycles. The van der Waals surface area contributed by atoms with Crippen LogP contribution in [0, 0.1) is 5.92 Å². The Morgan fingerprint density at radius 1 is 1.37 bits per heavy atom. The number of benzene rings is 1. The number of halogens is 1. The van der Waals surface area contributed by atoms with Crippen LogP contribution in [0.4, 0.5) is 5.69 Å². The van der Waals surface area contributed by atoms with Gasteiger partial charge in [0.2, 0.25) is 0 Å². The second-order valence-electron chi connectivity index (χ2n) is 4.88. The number of nitrogens with one attached hydrogen (secondary N) is 1. The van der Waals surface area contributed by atoms with Gasteiger partial charge in [-0.1, -0.05) is 15.9 Å². The highest BCUT2D eigenvalue weighted by atomic mass is 79.9. The first-order valence-corrected chi connectivity index (χ1v) is 7.22. The number of carbonyl (C=O) groups is 1. The Kier molecular flexibility index (Phi) is 4.69. The summed E-state index contributed by atoms with van der Waals surface area (Å²) < 4.78 is 6.32. The molecule has 0 heterocycles. The molecular formula is C14H18BrNO3. The second-order valence-corrected chi connectivity index (χ2v) is 5.79. The fourth-order valence-corrected chi connectivity index (χ4v) is 2.86. The highest BCUT2D eigenvalue weighted by molar-refractivity contribution is 9.10. The van der Waals surface area contributed by atoms with E-state index in [2.05, 4.69) is 21.2 Å². The van der Waals surface area contributed by atoms with E-state index in [0.717, 1.165) is 41.6 Å². The number of rotatable bonds is 4. The summed E-state index contributed by atoms with van der Waals surface area (Å²) in [5, 5.41) is 12.4. The maximum Gasteiger partial charge on any atom is 0.306 e. The van der Waals surface area contributed by atoms with Crippen molar-refractivity contribution in [2.75, 3.05) is 12.4 Å². The average molecular weight is 328 g/mol. The van der Waals surface area contributed by atoms with Gasteiger partial charge in [0.15, 0.2) is 0 Å². The lowest BCUT2D eigenvalue weighted by Crippen LogP contribution is -2.29. The minimum Gasteiger partial charge on any atom is -0.495 e. The zero-order valence-corrected chi connectivity index (χ0v) is 12.4. The van der Waals surface area contributed by atoms with Crippen LogP contribution in [0.2, 0.25) is 0 Å². The summed E-state index contributed by atoms with van der Waals surface area (Å²) in [6.45, 7) is 0. The lowest BCUT2D eigenvalue weighted by Gasteiger charge is -2.28. The van der Waals surface area contributed by atoms with Gasteiger partial charge in [0.05, 0.1) is 18.7 Å². The third-order valence-corrected chi connectivity index (χ3v) is 4.09. The molecule has 0 aliphatic heterocycles. The molecule has 0 atom stereocenters. The van der Waals surface area contributed by atoms with Gasteiger partial charge in [-0.05, 0) is 43.9 Å². The van der Waals surface area contributed by atoms with E-state index in [4.69, 9.17) is 9.84 Å². The van der Waals surface area contributed by atoms with Crippen molar-refractivity contribution >= 4 is 27.6 Å². The Morgan fingerprint density at radius 3 is 2.63 bits per heavy atom. The average Bonchev–Trinajstić information content (AvgIpc) is 2.39. The Balaban J connectivity index is 1.99.